The molecule has 3 rings (SSSR count). The van der Waals surface area contributed by atoms with E-state index in [0.29, 0.717) is 5.56 Å². The van der Waals surface area contributed by atoms with Gasteiger partial charge in [-0.05, 0) is 41.5 Å². The van der Waals surface area contributed by atoms with Crippen LogP contribution in [-0.4, -0.2) is 29.1 Å². The van der Waals surface area contributed by atoms with Crippen LogP contribution in [0.15, 0.2) is 70.2 Å². The van der Waals surface area contributed by atoms with Crippen LogP contribution < -0.4 is 5.14 Å². The number of sulfonamides is 1. The number of carbonyl (C=O) groups excluding carboxylic acids is 1. The van der Waals surface area contributed by atoms with Crippen LogP contribution in [0.4, 0.5) is 4.39 Å². The maximum absolute atomic E-state index is 14.4. The molecule has 2 N–H and O–H groups in total. The molecule has 28 heavy (non-hydrogen) atoms. The number of ether oxygens (including phenoxy) is 1. The second-order valence-corrected chi connectivity index (χ2v) is 9.53. The first-order chi connectivity index (χ1) is 13.0. The lowest BCUT2D eigenvalue weighted by molar-refractivity contribution is -0.132. The Kier molecular flexibility index (Phi) is 4.96. The van der Waals surface area contributed by atoms with Crippen molar-refractivity contribution in [1.82, 2.24) is 0 Å². The van der Waals surface area contributed by atoms with Crippen LogP contribution in [0.3, 0.4) is 0 Å². The molecule has 0 aromatic heterocycles. The van der Waals surface area contributed by atoms with Crippen molar-refractivity contribution in [3.05, 3.63) is 77.3 Å². The topological polar surface area (TPSA) is 121 Å². The lowest BCUT2D eigenvalue weighted by Gasteiger charge is -2.12. The Morgan fingerprint density at radius 2 is 1.61 bits per heavy atom. The summed E-state index contributed by atoms with van der Waals surface area (Å²) in [7, 11) is -7.69. The van der Waals surface area contributed by atoms with Gasteiger partial charge in [0.25, 0.3) is 0 Å². The first-order valence-corrected chi connectivity index (χ1v) is 11.2. The number of benzene rings is 2. The first kappa shape index (κ1) is 19.9. The number of carbonyl (C=O) groups is 1. The van der Waals surface area contributed by atoms with E-state index in [1.54, 1.807) is 0 Å². The van der Waals surface area contributed by atoms with Crippen molar-refractivity contribution in [1.29, 1.82) is 0 Å². The molecule has 2 aromatic carbocycles. The van der Waals surface area contributed by atoms with Crippen LogP contribution in [0.25, 0.3) is 5.57 Å². The van der Waals surface area contributed by atoms with Gasteiger partial charge >= 0.3 is 5.97 Å². The molecule has 0 amide bonds. The molecule has 1 aliphatic rings. The lowest BCUT2D eigenvalue weighted by atomic mass is 9.93. The van der Waals surface area contributed by atoms with Gasteiger partial charge in [-0.1, -0.05) is 18.2 Å². The van der Waals surface area contributed by atoms with Gasteiger partial charge < -0.3 is 4.74 Å². The molecule has 0 atom stereocenters. The fraction of sp³-hybridized carbons (Fsp3) is 0.0556. The summed E-state index contributed by atoms with van der Waals surface area (Å²) in [6, 6.07) is 8.75. The predicted molar refractivity (Wildman–Crippen MR) is 98.6 cm³/mol. The quantitative estimate of drug-likeness (QED) is 0.591. The van der Waals surface area contributed by atoms with E-state index in [1.165, 1.54) is 36.4 Å². The number of halogens is 1. The number of primary sulfonamides is 1. The number of esters is 1. The minimum absolute atomic E-state index is 0.106. The number of rotatable bonds is 4. The van der Waals surface area contributed by atoms with Crippen LogP contribution in [0.1, 0.15) is 11.1 Å². The third-order valence-corrected chi connectivity index (χ3v) is 6.05. The minimum Gasteiger partial charge on any atom is -0.431 e. The van der Waals surface area contributed by atoms with Crippen molar-refractivity contribution in [2.45, 2.75) is 9.79 Å². The zero-order valence-electron chi connectivity index (χ0n) is 14.4. The molecule has 0 saturated carbocycles. The number of nitrogens with two attached hydrogens (primary N) is 1. The summed E-state index contributed by atoms with van der Waals surface area (Å²) in [5.41, 5.74) is 0.956. The molecule has 146 valence electrons. The molecule has 7 nitrogen and oxygen atoms in total. The molecule has 0 saturated heterocycles. The van der Waals surface area contributed by atoms with Gasteiger partial charge in [0.15, 0.2) is 9.84 Å². The Morgan fingerprint density at radius 3 is 2.07 bits per heavy atom. The molecule has 0 aliphatic carbocycles. The van der Waals surface area contributed by atoms with Gasteiger partial charge in [-0.2, -0.15) is 0 Å². The van der Waals surface area contributed by atoms with Crippen molar-refractivity contribution in [2.24, 2.45) is 5.14 Å². The fourth-order valence-corrected chi connectivity index (χ4v) is 3.97. The van der Waals surface area contributed by atoms with Gasteiger partial charge in [-0.25, -0.2) is 31.2 Å². The zero-order chi connectivity index (χ0) is 20.7. The average molecular weight is 423 g/mol. The first-order valence-electron chi connectivity index (χ1n) is 7.73. The lowest BCUT2D eigenvalue weighted by Crippen LogP contribution is -2.12. The maximum Gasteiger partial charge on any atom is 0.343 e. The molecule has 10 heteroatoms. The zero-order valence-corrected chi connectivity index (χ0v) is 16.1. The molecule has 1 heterocycles. The summed E-state index contributed by atoms with van der Waals surface area (Å²) >= 11 is 0. The largest absolute Gasteiger partial charge is 0.431 e. The van der Waals surface area contributed by atoms with Gasteiger partial charge in [-0.15, -0.1) is 0 Å². The smallest absolute Gasteiger partial charge is 0.343 e. The summed E-state index contributed by atoms with van der Waals surface area (Å²) in [4.78, 5) is 11.4. The maximum atomic E-state index is 14.4. The molecule has 0 fully saturated rings. The summed E-state index contributed by atoms with van der Waals surface area (Å²) < 4.78 is 65.3. The van der Waals surface area contributed by atoms with E-state index in [0.717, 1.165) is 24.7 Å². The SMILES string of the molecule is CS(=O)(=O)c1ccc(C(=C2C=COC2=O)c2ccc(S(N)(=O)=O)cc2)cc1F. The monoisotopic (exact) mass is 423 g/mol. The van der Waals surface area contributed by atoms with Crippen LogP contribution in [0.5, 0.6) is 0 Å². The van der Waals surface area contributed by atoms with Crippen molar-refractivity contribution in [3.8, 4) is 0 Å². The van der Waals surface area contributed by atoms with E-state index >= 15 is 0 Å². The Hall–Kier alpha value is -2.82. The summed E-state index contributed by atoms with van der Waals surface area (Å²) in [5.74, 6) is -1.66. The molecular weight excluding hydrogens is 409 g/mol. The van der Waals surface area contributed by atoms with E-state index in [-0.39, 0.29) is 21.6 Å². The number of cyclic esters (lactones) is 1. The van der Waals surface area contributed by atoms with Crippen LogP contribution in [0, 0.1) is 5.82 Å². The molecule has 2 aromatic rings. The van der Waals surface area contributed by atoms with Crippen LogP contribution in [0.2, 0.25) is 0 Å². The second-order valence-electron chi connectivity index (χ2n) is 5.98. The average Bonchev–Trinajstić information content (AvgIpc) is 2.99. The highest BCUT2D eigenvalue weighted by molar-refractivity contribution is 7.90. The summed E-state index contributed by atoms with van der Waals surface area (Å²) in [6.07, 6.45) is 3.43. The molecule has 1 aliphatic heterocycles. The number of sulfone groups is 1. The van der Waals surface area contributed by atoms with Crippen LogP contribution >= 0.6 is 0 Å². The standard InChI is InChI=1S/C18H14FNO6S2/c1-27(22,23)16-7-4-12(10-15(16)19)17(14-8-9-26-18(14)21)11-2-5-13(6-3-11)28(20,24)25/h2-10H,1H3,(H2,20,24,25). The Bertz CT molecular complexity index is 1240. The number of hydrogen-bond donors (Lipinski definition) is 1. The highest BCUT2D eigenvalue weighted by Gasteiger charge is 2.23. The van der Waals surface area contributed by atoms with Gasteiger partial charge in [0.2, 0.25) is 10.0 Å². The fourth-order valence-electron chi connectivity index (χ4n) is 2.73. The van der Waals surface area contributed by atoms with Gasteiger partial charge in [-0.3, -0.25) is 0 Å². The van der Waals surface area contributed by atoms with Gasteiger partial charge in [0, 0.05) is 11.8 Å². The van der Waals surface area contributed by atoms with Crippen LogP contribution in [-0.2, 0) is 29.4 Å². The Labute approximate surface area is 160 Å². The van der Waals surface area contributed by atoms with Gasteiger partial charge in [0.1, 0.15) is 10.7 Å². The van der Waals surface area contributed by atoms with Crippen molar-refractivity contribution < 1.29 is 30.8 Å². The molecule has 0 spiro atoms. The molecular formula is C18H14FNO6S2. The molecule has 0 unspecified atom stereocenters. The van der Waals surface area contributed by atoms with E-state index in [2.05, 4.69) is 0 Å². The third kappa shape index (κ3) is 3.88. The van der Waals surface area contributed by atoms with Gasteiger partial charge in [0.05, 0.1) is 16.7 Å². The minimum atomic E-state index is -3.92. The molecule has 0 bridgehead atoms. The highest BCUT2D eigenvalue weighted by atomic mass is 32.2. The Balaban J connectivity index is 2.22. The summed E-state index contributed by atoms with van der Waals surface area (Å²) in [6.45, 7) is 0. The second kappa shape index (κ2) is 6.97. The van der Waals surface area contributed by atoms with Crippen molar-refractivity contribution in [2.75, 3.05) is 6.26 Å². The summed E-state index contributed by atoms with van der Waals surface area (Å²) in [5, 5.41) is 5.08. The van der Waals surface area contributed by atoms with E-state index in [1.807, 2.05) is 0 Å². The normalized spacial score (nSPS) is 16.2. The Morgan fingerprint density at radius 1 is 1.00 bits per heavy atom. The van der Waals surface area contributed by atoms with E-state index < -0.39 is 36.5 Å². The highest BCUT2D eigenvalue weighted by Crippen LogP contribution is 2.32. The predicted octanol–water partition coefficient (Wildman–Crippen LogP) is 1.75. The number of hydrogen-bond acceptors (Lipinski definition) is 6. The van der Waals surface area contributed by atoms with E-state index in [9.17, 15) is 26.0 Å². The van der Waals surface area contributed by atoms with E-state index in [4.69, 9.17) is 9.88 Å². The third-order valence-electron chi connectivity index (χ3n) is 3.99. The molecule has 0 radical (unpaired) electrons. The van der Waals surface area contributed by atoms with Crippen molar-refractivity contribution >= 4 is 31.4 Å². The van der Waals surface area contributed by atoms with Crippen molar-refractivity contribution in [3.63, 3.8) is 0 Å².